The summed E-state index contributed by atoms with van der Waals surface area (Å²) in [5.41, 5.74) is 3.53. The van der Waals surface area contributed by atoms with Crippen LogP contribution in [0.25, 0.3) is 0 Å². The molecule has 0 heterocycles. The molecule has 2 N–H and O–H groups in total. The van der Waals surface area contributed by atoms with Crippen molar-refractivity contribution >= 4 is 57.6 Å². The van der Waals surface area contributed by atoms with Gasteiger partial charge in [0.25, 0.3) is 5.91 Å². The summed E-state index contributed by atoms with van der Waals surface area (Å²) in [7, 11) is -6.21. The first-order valence-electron chi connectivity index (χ1n) is 13.6. The molecule has 0 aliphatic carbocycles. The van der Waals surface area contributed by atoms with Gasteiger partial charge in [0.2, 0.25) is 0 Å². The molecule has 9 nitrogen and oxygen atoms in total. The third kappa shape index (κ3) is 9.23. The van der Waals surface area contributed by atoms with E-state index in [1.807, 2.05) is 6.07 Å². The minimum Gasteiger partial charge on any atom is -0.497 e. The summed E-state index contributed by atoms with van der Waals surface area (Å²) in [5, 5.41) is 2.42. The summed E-state index contributed by atoms with van der Waals surface area (Å²) in [4.78, 5) is 37.3. The molecule has 13 heteroatoms. The molecule has 0 bridgehead atoms. The number of sulfone groups is 1. The normalized spacial score (nSPS) is 13.0. The largest absolute Gasteiger partial charge is 0.497 e. The lowest BCUT2D eigenvalue weighted by molar-refractivity contribution is -0.147. The highest BCUT2D eigenvalue weighted by molar-refractivity contribution is 7.90. The van der Waals surface area contributed by atoms with Gasteiger partial charge in [0.05, 0.1) is 32.9 Å². The van der Waals surface area contributed by atoms with E-state index in [1.165, 1.54) is 49.6 Å². The van der Waals surface area contributed by atoms with E-state index in [4.69, 9.17) is 32.7 Å². The fourth-order valence-corrected chi connectivity index (χ4v) is 6.61. The van der Waals surface area contributed by atoms with Crippen molar-refractivity contribution in [2.45, 2.75) is 24.0 Å². The van der Waals surface area contributed by atoms with Gasteiger partial charge in [0, 0.05) is 18.2 Å². The average Bonchev–Trinajstić information content (AvgIpc) is 3.02. The molecule has 2 atom stereocenters. The molecular formula is C33H28Cl2NO8PS. The van der Waals surface area contributed by atoms with Crippen molar-refractivity contribution in [3.63, 3.8) is 0 Å². The molecule has 0 radical (unpaired) electrons. The predicted molar refractivity (Wildman–Crippen MR) is 177 cm³/mol. The molecule has 0 aromatic heterocycles. The summed E-state index contributed by atoms with van der Waals surface area (Å²) in [6, 6.07) is 22.3. The van der Waals surface area contributed by atoms with Crippen LogP contribution in [0.15, 0.2) is 95.9 Å². The van der Waals surface area contributed by atoms with E-state index in [-0.39, 0.29) is 44.4 Å². The molecule has 1 amide bonds. The van der Waals surface area contributed by atoms with Crippen molar-refractivity contribution in [2.75, 3.05) is 13.4 Å². The topological polar surface area (TPSA) is 136 Å². The summed E-state index contributed by atoms with van der Waals surface area (Å²) in [5.74, 6) is 1.40. The second-order valence-corrected chi connectivity index (χ2v) is 14.8. The monoisotopic (exact) mass is 699 g/mol. The maximum atomic E-state index is 13.4. The van der Waals surface area contributed by atoms with Gasteiger partial charge in [-0.1, -0.05) is 77.7 Å². The third-order valence-corrected chi connectivity index (χ3v) is 9.70. The van der Waals surface area contributed by atoms with E-state index < -0.39 is 35.1 Å². The molecule has 1 unspecified atom stereocenters. The fourth-order valence-electron chi connectivity index (χ4n) is 4.26. The van der Waals surface area contributed by atoms with E-state index in [0.717, 1.165) is 11.8 Å². The molecule has 46 heavy (non-hydrogen) atoms. The van der Waals surface area contributed by atoms with Crippen LogP contribution in [0.4, 0.5) is 0 Å². The quantitative estimate of drug-likeness (QED) is 0.128. The molecule has 4 aromatic rings. The van der Waals surface area contributed by atoms with Crippen molar-refractivity contribution in [3.05, 3.63) is 123 Å². The minimum atomic E-state index is -4.11. The molecular weight excluding hydrogens is 672 g/mol. The second-order valence-electron chi connectivity index (χ2n) is 10.1. The van der Waals surface area contributed by atoms with Crippen LogP contribution in [0.5, 0.6) is 5.75 Å². The maximum Gasteiger partial charge on any atom is 0.329 e. The standard InChI is InChI=1S/C33H28Cl2NO8PS/c1-43-25-11-7-12-26(20-25)45(39,40)15-14-24-17-28(34)31(29(35)18-24)32(37)36-30(33(38)44-21-22-8-4-3-5-9-22)19-23-10-6-13-27(16-23)46(2,41)42/h3-13,16-18,20,30H,19,21H2,1-2H3,(H,36,37)(H,39,40)/t30-/m0/s1. The van der Waals surface area contributed by atoms with Crippen LogP contribution in [0, 0.1) is 11.6 Å². The lowest BCUT2D eigenvalue weighted by Gasteiger charge is -2.19. The molecule has 238 valence electrons. The Morgan fingerprint density at radius 3 is 2.24 bits per heavy atom. The van der Waals surface area contributed by atoms with Crippen LogP contribution in [-0.2, 0) is 37.0 Å². The molecule has 0 aliphatic heterocycles. The van der Waals surface area contributed by atoms with E-state index in [9.17, 15) is 27.5 Å². The van der Waals surface area contributed by atoms with Crippen molar-refractivity contribution in [1.82, 2.24) is 5.32 Å². The van der Waals surface area contributed by atoms with Crippen LogP contribution in [-0.4, -0.2) is 44.6 Å². The Balaban J connectivity index is 1.59. The predicted octanol–water partition coefficient (Wildman–Crippen LogP) is 5.39. The Morgan fingerprint density at radius 2 is 1.59 bits per heavy atom. The number of ether oxygens (including phenoxy) is 2. The van der Waals surface area contributed by atoms with Gasteiger partial charge in [-0.3, -0.25) is 9.36 Å². The Bertz CT molecular complexity index is 1970. The van der Waals surface area contributed by atoms with Gasteiger partial charge in [0.15, 0.2) is 9.84 Å². The zero-order chi connectivity index (χ0) is 33.5. The number of hydrogen-bond acceptors (Lipinski definition) is 7. The SMILES string of the molecule is COc1cccc(P(=O)(O)C#Cc2cc(Cl)c(C(=O)N[C@@H](Cc3cccc(S(C)(=O)=O)c3)C(=O)OCc3ccccc3)c(Cl)c2)c1. The summed E-state index contributed by atoms with van der Waals surface area (Å²) >= 11 is 12.9. The zero-order valence-electron chi connectivity index (χ0n) is 24.6. The van der Waals surface area contributed by atoms with Crippen molar-refractivity contribution in [1.29, 1.82) is 0 Å². The van der Waals surface area contributed by atoms with E-state index in [0.29, 0.717) is 11.3 Å². The maximum absolute atomic E-state index is 13.4. The Kier molecular flexibility index (Phi) is 11.3. The highest BCUT2D eigenvalue weighted by Crippen LogP contribution is 2.39. The molecule has 0 saturated carbocycles. The molecule has 0 aliphatic rings. The third-order valence-electron chi connectivity index (χ3n) is 6.60. The lowest BCUT2D eigenvalue weighted by Crippen LogP contribution is -2.43. The van der Waals surface area contributed by atoms with Crippen LogP contribution < -0.4 is 15.4 Å². The van der Waals surface area contributed by atoms with Crippen molar-refractivity contribution in [2.24, 2.45) is 0 Å². The Morgan fingerprint density at radius 1 is 0.935 bits per heavy atom. The smallest absolute Gasteiger partial charge is 0.329 e. The van der Waals surface area contributed by atoms with E-state index in [1.54, 1.807) is 42.5 Å². The van der Waals surface area contributed by atoms with Gasteiger partial charge in [-0.05, 0) is 59.3 Å². The number of halogens is 2. The number of amides is 1. The first-order valence-corrected chi connectivity index (χ1v) is 17.9. The number of benzene rings is 4. The molecule has 0 saturated heterocycles. The molecule has 0 fully saturated rings. The highest BCUT2D eigenvalue weighted by atomic mass is 35.5. The van der Waals surface area contributed by atoms with Gasteiger partial charge in [-0.15, -0.1) is 0 Å². The number of nitrogens with one attached hydrogen (secondary N) is 1. The number of carbonyl (C=O) groups is 2. The minimum absolute atomic E-state index is 0.0503. The number of methoxy groups -OCH3 is 1. The fraction of sp³-hybridized carbons (Fsp3) is 0.152. The highest BCUT2D eigenvalue weighted by Gasteiger charge is 2.27. The summed E-state index contributed by atoms with van der Waals surface area (Å²) < 4.78 is 47.6. The number of esters is 1. The van der Waals surface area contributed by atoms with Gasteiger partial charge in [-0.25, -0.2) is 13.2 Å². The number of hydrogen-bond donors (Lipinski definition) is 2. The van der Waals surface area contributed by atoms with Gasteiger partial charge >= 0.3 is 13.3 Å². The first kappa shape index (κ1) is 34.8. The average molecular weight is 701 g/mol. The van der Waals surface area contributed by atoms with Gasteiger partial charge in [-0.2, -0.15) is 0 Å². The number of rotatable bonds is 10. The second kappa shape index (κ2) is 15.0. The Hall–Kier alpha value is -4.10. The molecule has 4 aromatic carbocycles. The lowest BCUT2D eigenvalue weighted by atomic mass is 10.0. The molecule has 4 rings (SSSR count). The van der Waals surface area contributed by atoms with E-state index >= 15 is 0 Å². The summed E-state index contributed by atoms with van der Waals surface area (Å²) in [6.45, 7) is -0.0607. The zero-order valence-corrected chi connectivity index (χ0v) is 27.8. The van der Waals surface area contributed by atoms with Gasteiger partial charge < -0.3 is 19.7 Å². The van der Waals surface area contributed by atoms with Crippen LogP contribution >= 0.6 is 30.6 Å². The Labute approximate surface area is 276 Å². The van der Waals surface area contributed by atoms with Crippen LogP contribution in [0.1, 0.15) is 27.0 Å². The van der Waals surface area contributed by atoms with Gasteiger partial charge in [0.1, 0.15) is 18.4 Å². The number of carbonyl (C=O) groups excluding carboxylic acids is 2. The van der Waals surface area contributed by atoms with Crippen molar-refractivity contribution < 1.29 is 36.9 Å². The summed E-state index contributed by atoms with van der Waals surface area (Å²) in [6.07, 6.45) is 0.966. The first-order chi connectivity index (χ1) is 21.8. The van der Waals surface area contributed by atoms with Crippen LogP contribution in [0.3, 0.4) is 0 Å². The van der Waals surface area contributed by atoms with Crippen LogP contribution in [0.2, 0.25) is 10.0 Å². The van der Waals surface area contributed by atoms with E-state index in [2.05, 4.69) is 16.9 Å². The van der Waals surface area contributed by atoms with Crippen molar-refractivity contribution in [3.8, 4) is 17.3 Å². The molecule has 0 spiro atoms.